The predicted octanol–water partition coefficient (Wildman–Crippen LogP) is 4.00. The molecule has 106 valence electrons. The molecule has 0 N–H and O–H groups in total. The molecule has 0 amide bonds. The molecule has 0 saturated carbocycles. The monoisotopic (exact) mass is 333 g/mol. The minimum Gasteiger partial charge on any atom is -0.492 e. The molecule has 0 saturated heterocycles. The molecular formula is C17H20BrNO. The Morgan fingerprint density at radius 1 is 1.00 bits per heavy atom. The van der Waals surface area contributed by atoms with Crippen molar-refractivity contribution in [3.8, 4) is 5.75 Å². The highest BCUT2D eigenvalue weighted by Crippen LogP contribution is 2.17. The van der Waals surface area contributed by atoms with Gasteiger partial charge in [-0.1, -0.05) is 52.3 Å². The Balaban J connectivity index is 1.66. The third kappa shape index (κ3) is 5.35. The lowest BCUT2D eigenvalue weighted by atomic mass is 10.1. The van der Waals surface area contributed by atoms with Gasteiger partial charge in [0.05, 0.1) is 0 Å². The van der Waals surface area contributed by atoms with Crippen LogP contribution in [0.3, 0.4) is 0 Å². The smallest absolute Gasteiger partial charge is 0.120 e. The molecule has 0 atom stereocenters. The summed E-state index contributed by atoms with van der Waals surface area (Å²) < 4.78 is 6.79. The lowest BCUT2D eigenvalue weighted by molar-refractivity contribution is 0.239. The zero-order valence-electron chi connectivity index (χ0n) is 11.8. The molecule has 0 radical (unpaired) electrons. The Morgan fingerprint density at radius 2 is 1.80 bits per heavy atom. The van der Waals surface area contributed by atoms with Gasteiger partial charge in [-0.15, -0.1) is 0 Å². The second kappa shape index (κ2) is 8.08. The van der Waals surface area contributed by atoms with Crippen LogP contribution in [0.4, 0.5) is 0 Å². The van der Waals surface area contributed by atoms with Crippen LogP contribution in [0, 0.1) is 0 Å². The highest BCUT2D eigenvalue weighted by atomic mass is 79.9. The van der Waals surface area contributed by atoms with Crippen LogP contribution in [-0.2, 0) is 6.42 Å². The number of hydrogen-bond donors (Lipinski definition) is 0. The number of nitrogens with zero attached hydrogens (tertiary/aromatic N) is 1. The number of rotatable bonds is 7. The molecule has 2 rings (SSSR count). The van der Waals surface area contributed by atoms with E-state index in [1.54, 1.807) is 0 Å². The molecule has 2 nitrogen and oxygen atoms in total. The first-order valence-electron chi connectivity index (χ1n) is 6.85. The molecule has 0 aliphatic rings. The van der Waals surface area contributed by atoms with Gasteiger partial charge in [0.15, 0.2) is 0 Å². The Kier molecular flexibility index (Phi) is 6.09. The lowest BCUT2D eigenvalue weighted by Crippen LogP contribution is -2.26. The van der Waals surface area contributed by atoms with Crippen LogP contribution in [0.5, 0.6) is 5.75 Å². The molecule has 0 aliphatic carbocycles. The summed E-state index contributed by atoms with van der Waals surface area (Å²) in [6.07, 6.45) is 1.08. The molecule has 20 heavy (non-hydrogen) atoms. The van der Waals surface area contributed by atoms with Crippen molar-refractivity contribution in [2.75, 3.05) is 26.7 Å². The van der Waals surface area contributed by atoms with Crippen molar-refractivity contribution in [2.45, 2.75) is 6.42 Å². The first-order valence-corrected chi connectivity index (χ1v) is 7.64. The summed E-state index contributed by atoms with van der Waals surface area (Å²) in [6, 6.07) is 18.5. The molecule has 0 unspecified atom stereocenters. The number of benzene rings is 2. The van der Waals surface area contributed by atoms with Gasteiger partial charge in [0, 0.05) is 17.6 Å². The highest BCUT2D eigenvalue weighted by Gasteiger charge is 2.00. The zero-order chi connectivity index (χ0) is 14.2. The van der Waals surface area contributed by atoms with Crippen molar-refractivity contribution in [3.05, 3.63) is 64.6 Å². The van der Waals surface area contributed by atoms with E-state index in [4.69, 9.17) is 4.74 Å². The second-order valence-electron chi connectivity index (χ2n) is 4.84. The van der Waals surface area contributed by atoms with Gasteiger partial charge in [0.25, 0.3) is 0 Å². The largest absolute Gasteiger partial charge is 0.492 e. The van der Waals surface area contributed by atoms with E-state index in [2.05, 4.69) is 58.2 Å². The number of likely N-dealkylation sites (N-methyl/N-ethyl adjacent to an activating group) is 1. The summed E-state index contributed by atoms with van der Waals surface area (Å²) in [5.41, 5.74) is 1.38. The van der Waals surface area contributed by atoms with Crippen LogP contribution >= 0.6 is 15.9 Å². The van der Waals surface area contributed by atoms with Crippen LogP contribution < -0.4 is 4.74 Å². The third-order valence-electron chi connectivity index (χ3n) is 3.16. The van der Waals surface area contributed by atoms with E-state index in [-0.39, 0.29) is 0 Å². The van der Waals surface area contributed by atoms with Crippen molar-refractivity contribution in [1.29, 1.82) is 0 Å². The molecule has 0 aromatic heterocycles. The third-order valence-corrected chi connectivity index (χ3v) is 3.66. The Morgan fingerprint density at radius 3 is 2.55 bits per heavy atom. The molecule has 0 aliphatic heterocycles. The summed E-state index contributed by atoms with van der Waals surface area (Å²) in [4.78, 5) is 2.30. The summed E-state index contributed by atoms with van der Waals surface area (Å²) in [5.74, 6) is 0.913. The van der Waals surface area contributed by atoms with E-state index in [9.17, 15) is 0 Å². The van der Waals surface area contributed by atoms with Gasteiger partial charge >= 0.3 is 0 Å². The fraction of sp³-hybridized carbons (Fsp3) is 0.294. The summed E-state index contributed by atoms with van der Waals surface area (Å²) in [5, 5.41) is 0. The zero-order valence-corrected chi connectivity index (χ0v) is 13.3. The summed E-state index contributed by atoms with van der Waals surface area (Å²) in [7, 11) is 2.13. The van der Waals surface area contributed by atoms with Gasteiger partial charge in [-0.25, -0.2) is 0 Å². The van der Waals surface area contributed by atoms with Crippen molar-refractivity contribution < 1.29 is 4.74 Å². The van der Waals surface area contributed by atoms with Crippen LogP contribution in [0.2, 0.25) is 0 Å². The molecule has 3 heteroatoms. The van der Waals surface area contributed by atoms with Crippen LogP contribution in [-0.4, -0.2) is 31.6 Å². The average molecular weight is 334 g/mol. The fourth-order valence-electron chi connectivity index (χ4n) is 1.95. The van der Waals surface area contributed by atoms with Crippen molar-refractivity contribution in [1.82, 2.24) is 4.90 Å². The minimum absolute atomic E-state index is 0.710. The van der Waals surface area contributed by atoms with Crippen molar-refractivity contribution in [3.63, 3.8) is 0 Å². The van der Waals surface area contributed by atoms with E-state index in [0.29, 0.717) is 6.61 Å². The van der Waals surface area contributed by atoms with E-state index in [1.165, 1.54) is 5.56 Å². The van der Waals surface area contributed by atoms with Crippen LogP contribution in [0.1, 0.15) is 5.56 Å². The van der Waals surface area contributed by atoms with Crippen molar-refractivity contribution in [2.24, 2.45) is 0 Å². The summed E-state index contributed by atoms with van der Waals surface area (Å²) in [6.45, 7) is 2.69. The standard InChI is InChI=1S/C17H20BrNO/c1-19(11-10-15-6-3-2-4-7-15)12-13-20-17-9-5-8-16(18)14-17/h2-9,14H,10-13H2,1H3. The fourth-order valence-corrected chi connectivity index (χ4v) is 2.33. The summed E-state index contributed by atoms with van der Waals surface area (Å²) >= 11 is 3.44. The Hall–Kier alpha value is -1.32. The maximum Gasteiger partial charge on any atom is 0.120 e. The van der Waals surface area contributed by atoms with Gasteiger partial charge in [-0.3, -0.25) is 0 Å². The quantitative estimate of drug-likeness (QED) is 0.759. The van der Waals surface area contributed by atoms with E-state index in [0.717, 1.165) is 29.7 Å². The molecule has 2 aromatic rings. The SMILES string of the molecule is CN(CCOc1cccc(Br)c1)CCc1ccccc1. The van der Waals surface area contributed by atoms with Gasteiger partial charge in [-0.05, 0) is 37.2 Å². The maximum absolute atomic E-state index is 5.74. The molecule has 0 fully saturated rings. The highest BCUT2D eigenvalue weighted by molar-refractivity contribution is 9.10. The topological polar surface area (TPSA) is 12.5 Å². The van der Waals surface area contributed by atoms with Gasteiger partial charge < -0.3 is 9.64 Å². The van der Waals surface area contributed by atoms with Crippen molar-refractivity contribution >= 4 is 15.9 Å². The first-order chi connectivity index (χ1) is 9.74. The number of ether oxygens (including phenoxy) is 1. The number of halogens is 1. The van der Waals surface area contributed by atoms with E-state index < -0.39 is 0 Å². The van der Waals surface area contributed by atoms with E-state index in [1.807, 2.05) is 24.3 Å². The Bertz CT molecular complexity index is 515. The normalized spacial score (nSPS) is 10.8. The van der Waals surface area contributed by atoms with Crippen LogP contribution in [0.15, 0.2) is 59.1 Å². The Labute approximate surface area is 129 Å². The molecule has 0 heterocycles. The maximum atomic E-state index is 5.74. The molecule has 0 spiro atoms. The van der Waals surface area contributed by atoms with E-state index >= 15 is 0 Å². The first kappa shape index (κ1) is 15.1. The predicted molar refractivity (Wildman–Crippen MR) is 87.3 cm³/mol. The molecule has 2 aromatic carbocycles. The molecular weight excluding hydrogens is 314 g/mol. The average Bonchev–Trinajstić information content (AvgIpc) is 2.46. The van der Waals surface area contributed by atoms with Crippen LogP contribution in [0.25, 0.3) is 0 Å². The minimum atomic E-state index is 0.710. The van der Waals surface area contributed by atoms with Gasteiger partial charge in [0.1, 0.15) is 12.4 Å². The second-order valence-corrected chi connectivity index (χ2v) is 5.76. The molecule has 0 bridgehead atoms. The lowest BCUT2D eigenvalue weighted by Gasteiger charge is -2.17. The number of hydrogen-bond acceptors (Lipinski definition) is 2. The van der Waals surface area contributed by atoms with Gasteiger partial charge in [0.2, 0.25) is 0 Å². The van der Waals surface area contributed by atoms with Gasteiger partial charge in [-0.2, -0.15) is 0 Å².